The zero-order chi connectivity index (χ0) is 18.9. The van der Waals surface area contributed by atoms with Gasteiger partial charge in [-0.25, -0.2) is 0 Å². The Labute approximate surface area is 160 Å². The van der Waals surface area contributed by atoms with Crippen LogP contribution < -0.4 is 9.47 Å². The molecule has 2 fully saturated rings. The zero-order valence-electron chi connectivity index (χ0n) is 16.2. The minimum absolute atomic E-state index is 0.156. The molecule has 0 aromatic heterocycles. The van der Waals surface area contributed by atoms with Crippen LogP contribution in [0, 0.1) is 5.92 Å². The molecule has 6 heteroatoms. The van der Waals surface area contributed by atoms with Gasteiger partial charge in [-0.2, -0.15) is 0 Å². The van der Waals surface area contributed by atoms with Gasteiger partial charge in [-0.3, -0.25) is 4.79 Å². The first-order valence-electron chi connectivity index (χ1n) is 10.0. The van der Waals surface area contributed by atoms with Crippen molar-refractivity contribution in [1.82, 2.24) is 4.90 Å². The molecule has 1 unspecified atom stereocenters. The predicted octanol–water partition coefficient (Wildman–Crippen LogP) is 2.95. The van der Waals surface area contributed by atoms with Crippen LogP contribution in [0.2, 0.25) is 0 Å². The molecule has 0 bridgehead atoms. The molecule has 2 saturated heterocycles. The number of carbonyl (C=O) groups is 1. The SMILES string of the molecule is CC(C)C(CC(=O)N1CCC2(CC1)OCCO2)c1ccc2c(c1)OCCO2. The van der Waals surface area contributed by atoms with E-state index in [1.807, 2.05) is 17.0 Å². The number of carbonyl (C=O) groups excluding carboxylic acids is 1. The molecular weight excluding hydrogens is 346 g/mol. The number of hydrogen-bond acceptors (Lipinski definition) is 5. The lowest BCUT2D eigenvalue weighted by molar-refractivity contribution is -0.187. The van der Waals surface area contributed by atoms with E-state index in [1.165, 1.54) is 0 Å². The first-order chi connectivity index (χ1) is 13.1. The van der Waals surface area contributed by atoms with Crippen LogP contribution in [0.25, 0.3) is 0 Å². The Morgan fingerprint density at radius 3 is 2.37 bits per heavy atom. The molecule has 1 atom stereocenters. The maximum Gasteiger partial charge on any atom is 0.223 e. The van der Waals surface area contributed by atoms with Crippen LogP contribution in [0.3, 0.4) is 0 Å². The number of nitrogens with zero attached hydrogens (tertiary/aromatic N) is 1. The molecular formula is C21H29NO5. The van der Waals surface area contributed by atoms with E-state index < -0.39 is 5.79 Å². The Morgan fingerprint density at radius 2 is 1.70 bits per heavy atom. The van der Waals surface area contributed by atoms with Crippen molar-refractivity contribution in [3.63, 3.8) is 0 Å². The second-order valence-electron chi connectivity index (χ2n) is 7.95. The standard InChI is InChI=1S/C21H29NO5/c1-15(2)17(16-3-4-18-19(13-16)25-10-9-24-18)14-20(23)22-7-5-21(6-8-22)26-11-12-27-21/h3-4,13,15,17H,5-12,14H2,1-2H3. The minimum Gasteiger partial charge on any atom is -0.486 e. The molecule has 0 radical (unpaired) electrons. The summed E-state index contributed by atoms with van der Waals surface area (Å²) < 4.78 is 22.9. The fraction of sp³-hybridized carbons (Fsp3) is 0.667. The third-order valence-corrected chi connectivity index (χ3v) is 5.89. The summed E-state index contributed by atoms with van der Waals surface area (Å²) in [5, 5.41) is 0. The molecule has 4 rings (SSSR count). The molecule has 3 heterocycles. The number of rotatable bonds is 4. The van der Waals surface area contributed by atoms with Gasteiger partial charge in [0.05, 0.1) is 13.2 Å². The maximum atomic E-state index is 13.0. The number of piperidine rings is 1. The fourth-order valence-corrected chi connectivity index (χ4v) is 4.23. The van der Waals surface area contributed by atoms with E-state index in [4.69, 9.17) is 18.9 Å². The topological polar surface area (TPSA) is 57.2 Å². The van der Waals surface area contributed by atoms with Crippen molar-refractivity contribution in [1.29, 1.82) is 0 Å². The summed E-state index contributed by atoms with van der Waals surface area (Å²) in [5.74, 6) is 1.85. The van der Waals surface area contributed by atoms with E-state index in [1.54, 1.807) is 0 Å². The molecule has 1 amide bonds. The van der Waals surface area contributed by atoms with Crippen molar-refractivity contribution in [3.05, 3.63) is 23.8 Å². The summed E-state index contributed by atoms with van der Waals surface area (Å²) in [4.78, 5) is 14.9. The Hall–Kier alpha value is -1.79. The molecule has 148 valence electrons. The molecule has 3 aliphatic rings. The number of likely N-dealkylation sites (tertiary alicyclic amines) is 1. The summed E-state index contributed by atoms with van der Waals surface area (Å²) in [6.45, 7) is 8.21. The lowest BCUT2D eigenvalue weighted by atomic mass is 9.85. The number of benzene rings is 1. The summed E-state index contributed by atoms with van der Waals surface area (Å²) in [6.07, 6.45) is 2.02. The van der Waals surface area contributed by atoms with Crippen LogP contribution in [0.1, 0.15) is 44.6 Å². The van der Waals surface area contributed by atoms with Crippen molar-refractivity contribution in [2.24, 2.45) is 5.92 Å². The molecule has 3 aliphatic heterocycles. The molecule has 0 N–H and O–H groups in total. The highest BCUT2D eigenvalue weighted by Crippen LogP contribution is 2.37. The van der Waals surface area contributed by atoms with Gasteiger partial charge in [0, 0.05) is 32.4 Å². The highest BCUT2D eigenvalue weighted by Gasteiger charge is 2.41. The quantitative estimate of drug-likeness (QED) is 0.810. The molecule has 0 saturated carbocycles. The van der Waals surface area contributed by atoms with Gasteiger partial charge in [-0.05, 0) is 29.5 Å². The second kappa shape index (κ2) is 7.68. The second-order valence-corrected chi connectivity index (χ2v) is 7.95. The summed E-state index contributed by atoms with van der Waals surface area (Å²) >= 11 is 0. The van der Waals surface area contributed by atoms with E-state index in [-0.39, 0.29) is 11.8 Å². The summed E-state index contributed by atoms with van der Waals surface area (Å²) in [5.41, 5.74) is 1.14. The third kappa shape index (κ3) is 3.92. The largest absolute Gasteiger partial charge is 0.486 e. The van der Waals surface area contributed by atoms with Crippen LogP contribution in [-0.2, 0) is 14.3 Å². The average molecular weight is 375 g/mol. The van der Waals surface area contributed by atoms with Gasteiger partial charge >= 0.3 is 0 Å². The minimum atomic E-state index is -0.440. The van der Waals surface area contributed by atoms with Crippen LogP contribution in [0.4, 0.5) is 0 Å². The van der Waals surface area contributed by atoms with Crippen LogP contribution >= 0.6 is 0 Å². The zero-order valence-corrected chi connectivity index (χ0v) is 16.2. The monoisotopic (exact) mass is 375 g/mol. The third-order valence-electron chi connectivity index (χ3n) is 5.89. The summed E-state index contributed by atoms with van der Waals surface area (Å²) in [6, 6.07) is 6.07. The van der Waals surface area contributed by atoms with Crippen LogP contribution in [-0.4, -0.2) is 56.1 Å². The number of fused-ring (bicyclic) bond motifs is 1. The summed E-state index contributed by atoms with van der Waals surface area (Å²) in [7, 11) is 0. The number of hydrogen-bond donors (Lipinski definition) is 0. The molecule has 27 heavy (non-hydrogen) atoms. The Balaban J connectivity index is 1.42. The van der Waals surface area contributed by atoms with Gasteiger partial charge in [0.25, 0.3) is 0 Å². The van der Waals surface area contributed by atoms with E-state index >= 15 is 0 Å². The van der Waals surface area contributed by atoms with Crippen molar-refractivity contribution in [2.45, 2.75) is 44.8 Å². The van der Waals surface area contributed by atoms with Crippen LogP contribution in [0.15, 0.2) is 18.2 Å². The van der Waals surface area contributed by atoms with Crippen molar-refractivity contribution < 1.29 is 23.7 Å². The molecule has 1 aromatic carbocycles. The van der Waals surface area contributed by atoms with Crippen molar-refractivity contribution >= 4 is 5.91 Å². The van der Waals surface area contributed by atoms with Gasteiger partial charge in [0.15, 0.2) is 17.3 Å². The van der Waals surface area contributed by atoms with E-state index in [0.29, 0.717) is 51.9 Å². The predicted molar refractivity (Wildman–Crippen MR) is 100 cm³/mol. The molecule has 6 nitrogen and oxygen atoms in total. The molecule has 1 aromatic rings. The van der Waals surface area contributed by atoms with Gasteiger partial charge in [0.1, 0.15) is 13.2 Å². The van der Waals surface area contributed by atoms with Gasteiger partial charge < -0.3 is 23.8 Å². The fourth-order valence-electron chi connectivity index (χ4n) is 4.23. The van der Waals surface area contributed by atoms with Crippen molar-refractivity contribution in [3.8, 4) is 11.5 Å². The van der Waals surface area contributed by atoms with Gasteiger partial charge in [0.2, 0.25) is 5.91 Å². The van der Waals surface area contributed by atoms with Crippen LogP contribution in [0.5, 0.6) is 11.5 Å². The lowest BCUT2D eigenvalue weighted by Crippen LogP contribution is -2.47. The molecule has 0 aliphatic carbocycles. The van der Waals surface area contributed by atoms with Gasteiger partial charge in [-0.15, -0.1) is 0 Å². The highest BCUT2D eigenvalue weighted by molar-refractivity contribution is 5.77. The average Bonchev–Trinajstić information content (AvgIpc) is 3.14. The first-order valence-corrected chi connectivity index (χ1v) is 10.0. The van der Waals surface area contributed by atoms with Crippen molar-refractivity contribution in [2.75, 3.05) is 39.5 Å². The molecule has 1 spiro atoms. The lowest BCUT2D eigenvalue weighted by Gasteiger charge is -2.38. The first kappa shape index (κ1) is 18.6. The Kier molecular flexibility index (Phi) is 5.28. The number of ether oxygens (including phenoxy) is 4. The Bertz CT molecular complexity index is 673. The normalized spacial score (nSPS) is 22.3. The highest BCUT2D eigenvalue weighted by atomic mass is 16.7. The van der Waals surface area contributed by atoms with Gasteiger partial charge in [-0.1, -0.05) is 19.9 Å². The Morgan fingerprint density at radius 1 is 1.04 bits per heavy atom. The smallest absolute Gasteiger partial charge is 0.223 e. The maximum absolute atomic E-state index is 13.0. The van der Waals surface area contributed by atoms with E-state index in [2.05, 4.69) is 19.9 Å². The van der Waals surface area contributed by atoms with E-state index in [0.717, 1.165) is 29.9 Å². The number of amides is 1. The van der Waals surface area contributed by atoms with E-state index in [9.17, 15) is 4.79 Å².